The van der Waals surface area contributed by atoms with Gasteiger partial charge in [-0.25, -0.2) is 18.6 Å². The van der Waals surface area contributed by atoms with Crippen molar-refractivity contribution in [2.24, 2.45) is 0 Å². The van der Waals surface area contributed by atoms with E-state index >= 15 is 4.39 Å². The van der Waals surface area contributed by atoms with Crippen LogP contribution in [0.3, 0.4) is 0 Å². The van der Waals surface area contributed by atoms with Crippen molar-refractivity contribution in [3.05, 3.63) is 89.2 Å². The first-order chi connectivity index (χ1) is 15.0. The van der Waals surface area contributed by atoms with Crippen LogP contribution < -0.4 is 5.32 Å². The fourth-order valence-electron chi connectivity index (χ4n) is 3.80. The molecule has 2 aromatic carbocycles. The van der Waals surface area contributed by atoms with E-state index < -0.39 is 23.3 Å². The second-order valence-electron chi connectivity index (χ2n) is 7.78. The van der Waals surface area contributed by atoms with Gasteiger partial charge in [-0.1, -0.05) is 30.3 Å². The zero-order chi connectivity index (χ0) is 21.5. The van der Waals surface area contributed by atoms with Crippen LogP contribution in [0.4, 0.5) is 20.3 Å². The lowest BCUT2D eigenvalue weighted by Gasteiger charge is -2.13. The fourth-order valence-corrected chi connectivity index (χ4v) is 3.80. The topological polar surface area (TPSA) is 67.2 Å². The Morgan fingerprint density at radius 2 is 1.94 bits per heavy atom. The molecule has 4 aromatic rings. The van der Waals surface area contributed by atoms with Crippen LogP contribution in [0.1, 0.15) is 40.2 Å². The van der Waals surface area contributed by atoms with Crippen molar-refractivity contribution in [2.45, 2.75) is 25.3 Å². The van der Waals surface area contributed by atoms with Gasteiger partial charge in [0.1, 0.15) is 17.1 Å². The van der Waals surface area contributed by atoms with E-state index in [1.807, 2.05) is 30.3 Å². The molecule has 0 unspecified atom stereocenters. The Hall–Kier alpha value is -3.74. The Morgan fingerprint density at radius 3 is 2.65 bits per heavy atom. The highest BCUT2D eigenvalue weighted by molar-refractivity contribution is 5.95. The summed E-state index contributed by atoms with van der Waals surface area (Å²) in [6.07, 6.45) is 5.26. The van der Waals surface area contributed by atoms with Gasteiger partial charge in [0, 0.05) is 30.4 Å². The van der Waals surface area contributed by atoms with Gasteiger partial charge in [-0.15, -0.1) is 0 Å². The lowest BCUT2D eigenvalue weighted by atomic mass is 10.1. The molecule has 0 amide bonds. The predicted octanol–water partition coefficient (Wildman–Crippen LogP) is 5.68. The quantitative estimate of drug-likeness (QED) is 0.422. The fraction of sp³-hybridized carbons (Fsp3) is 0.167. The molecule has 0 aliphatic heterocycles. The summed E-state index contributed by atoms with van der Waals surface area (Å²) in [6, 6.07) is 14.0. The molecular weight excluding hydrogens is 400 g/mol. The minimum absolute atomic E-state index is 0.0854. The normalized spacial score (nSPS) is 13.5. The number of fused-ring (bicyclic) bond motifs is 1. The summed E-state index contributed by atoms with van der Waals surface area (Å²) in [6.45, 7) is 0.476. The van der Waals surface area contributed by atoms with Crippen LogP contribution in [0.25, 0.3) is 10.9 Å². The van der Waals surface area contributed by atoms with Gasteiger partial charge in [0.2, 0.25) is 0 Å². The number of carboxylic acids is 1. The molecule has 1 aliphatic rings. The number of carbonyl (C=O) groups is 1. The van der Waals surface area contributed by atoms with Crippen LogP contribution in [0, 0.1) is 11.6 Å². The highest BCUT2D eigenvalue weighted by Crippen LogP contribution is 2.41. The summed E-state index contributed by atoms with van der Waals surface area (Å²) in [5.41, 5.74) is 1.73. The molecule has 0 atom stereocenters. The first-order valence-corrected chi connectivity index (χ1v) is 10.0. The Balaban J connectivity index is 1.52. The molecule has 31 heavy (non-hydrogen) atoms. The van der Waals surface area contributed by atoms with Crippen LogP contribution in [-0.4, -0.2) is 20.6 Å². The van der Waals surface area contributed by atoms with Gasteiger partial charge in [0.25, 0.3) is 0 Å². The van der Waals surface area contributed by atoms with E-state index in [1.54, 1.807) is 23.0 Å². The number of pyridine rings is 1. The molecule has 0 spiro atoms. The number of hydrogen-bond acceptors (Lipinski definition) is 3. The number of nitrogens with one attached hydrogen (secondary N) is 1. The zero-order valence-corrected chi connectivity index (χ0v) is 16.5. The van der Waals surface area contributed by atoms with Crippen molar-refractivity contribution in [1.82, 2.24) is 9.55 Å². The number of nitrogens with zero attached hydrogens (tertiary/aromatic N) is 2. The monoisotopic (exact) mass is 419 g/mol. The third-order valence-electron chi connectivity index (χ3n) is 5.59. The van der Waals surface area contributed by atoms with E-state index in [0.717, 1.165) is 24.0 Å². The van der Waals surface area contributed by atoms with Gasteiger partial charge in [0.05, 0.1) is 5.52 Å². The Labute approximate surface area is 177 Å². The lowest BCUT2D eigenvalue weighted by Crippen LogP contribution is -2.08. The third-order valence-corrected chi connectivity index (χ3v) is 5.59. The van der Waals surface area contributed by atoms with Crippen molar-refractivity contribution < 1.29 is 18.7 Å². The molecule has 5 rings (SSSR count). The van der Waals surface area contributed by atoms with Crippen molar-refractivity contribution in [3.63, 3.8) is 0 Å². The van der Waals surface area contributed by atoms with Gasteiger partial charge in [-0.05, 0) is 42.0 Å². The van der Waals surface area contributed by atoms with E-state index in [0.29, 0.717) is 18.0 Å². The minimum Gasteiger partial charge on any atom is -0.478 e. The zero-order valence-electron chi connectivity index (χ0n) is 16.5. The molecule has 1 fully saturated rings. The molecule has 1 aliphatic carbocycles. The summed E-state index contributed by atoms with van der Waals surface area (Å²) in [5.74, 6) is -2.58. The molecule has 2 heterocycles. The summed E-state index contributed by atoms with van der Waals surface area (Å²) in [7, 11) is 0. The second-order valence-corrected chi connectivity index (χ2v) is 7.78. The average Bonchev–Trinajstić information content (AvgIpc) is 3.54. The second kappa shape index (κ2) is 7.50. The van der Waals surface area contributed by atoms with Gasteiger partial charge >= 0.3 is 5.97 Å². The number of halogens is 2. The SMILES string of the molecule is O=C(O)c1cc(C2CC2)cnc1Nc1c(F)cc2c(ccn2Cc2ccccc2)c1F. The van der Waals surface area contributed by atoms with E-state index in [1.165, 1.54) is 12.1 Å². The van der Waals surface area contributed by atoms with Crippen LogP contribution in [0.15, 0.2) is 60.9 Å². The number of aromatic nitrogens is 2. The largest absolute Gasteiger partial charge is 0.478 e. The maximum Gasteiger partial charge on any atom is 0.339 e. The van der Waals surface area contributed by atoms with Gasteiger partial charge < -0.3 is 15.0 Å². The average molecular weight is 419 g/mol. The maximum absolute atomic E-state index is 15.2. The first kappa shape index (κ1) is 19.2. The Bertz CT molecular complexity index is 1300. The smallest absolute Gasteiger partial charge is 0.339 e. The molecule has 7 heteroatoms. The lowest BCUT2D eigenvalue weighted by molar-refractivity contribution is 0.0697. The predicted molar refractivity (Wildman–Crippen MR) is 114 cm³/mol. The number of aromatic carboxylic acids is 1. The molecule has 5 nitrogen and oxygen atoms in total. The van der Waals surface area contributed by atoms with Crippen molar-refractivity contribution in [1.29, 1.82) is 0 Å². The maximum atomic E-state index is 15.2. The summed E-state index contributed by atoms with van der Waals surface area (Å²) < 4.78 is 31.9. The molecule has 156 valence electrons. The van der Waals surface area contributed by atoms with Gasteiger partial charge in [0.15, 0.2) is 11.6 Å². The third kappa shape index (κ3) is 3.63. The number of hydrogen-bond donors (Lipinski definition) is 2. The molecule has 0 saturated heterocycles. The molecule has 1 saturated carbocycles. The highest BCUT2D eigenvalue weighted by Gasteiger charge is 2.26. The molecule has 0 radical (unpaired) electrons. The van der Waals surface area contributed by atoms with Gasteiger partial charge in [-0.2, -0.15) is 0 Å². The summed E-state index contributed by atoms with van der Waals surface area (Å²) in [5, 5.41) is 12.4. The number of carboxylic acid groups (broad SMARTS) is 1. The minimum atomic E-state index is -1.20. The Kier molecular flexibility index (Phi) is 4.66. The van der Waals surface area contributed by atoms with Crippen molar-refractivity contribution >= 4 is 28.4 Å². The molecular formula is C24H19F2N3O2. The van der Waals surface area contributed by atoms with Crippen LogP contribution in [-0.2, 0) is 6.54 Å². The number of benzene rings is 2. The molecule has 2 N–H and O–H groups in total. The van der Waals surface area contributed by atoms with Crippen molar-refractivity contribution in [3.8, 4) is 0 Å². The number of anilines is 2. The number of rotatable bonds is 6. The van der Waals surface area contributed by atoms with E-state index in [9.17, 15) is 14.3 Å². The highest BCUT2D eigenvalue weighted by atomic mass is 19.1. The van der Waals surface area contributed by atoms with Crippen molar-refractivity contribution in [2.75, 3.05) is 5.32 Å². The van der Waals surface area contributed by atoms with Gasteiger partial charge in [-0.3, -0.25) is 0 Å². The standard InChI is InChI=1S/C24H19F2N3O2/c25-19-11-20-17(8-9-29(20)13-14-4-2-1-3-5-14)21(26)22(19)28-23-18(24(30)31)10-16(12-27-23)15-6-7-15/h1-5,8-12,15H,6-7,13H2,(H,27,28)(H,30,31). The molecule has 2 aromatic heterocycles. The van der Waals surface area contributed by atoms with E-state index in [-0.39, 0.29) is 16.8 Å². The summed E-state index contributed by atoms with van der Waals surface area (Å²) in [4.78, 5) is 15.8. The molecule has 0 bridgehead atoms. The van der Waals surface area contributed by atoms with Crippen LogP contribution >= 0.6 is 0 Å². The van der Waals surface area contributed by atoms with Crippen LogP contribution in [0.5, 0.6) is 0 Å². The summed E-state index contributed by atoms with van der Waals surface area (Å²) >= 11 is 0. The van der Waals surface area contributed by atoms with Crippen LogP contribution in [0.2, 0.25) is 0 Å². The Morgan fingerprint density at radius 1 is 1.16 bits per heavy atom. The van der Waals surface area contributed by atoms with E-state index in [4.69, 9.17) is 0 Å². The van der Waals surface area contributed by atoms with E-state index in [2.05, 4.69) is 10.3 Å². The first-order valence-electron chi connectivity index (χ1n) is 10.0.